The molecule has 1 aliphatic rings. The van der Waals surface area contributed by atoms with Gasteiger partial charge in [0.1, 0.15) is 0 Å². The summed E-state index contributed by atoms with van der Waals surface area (Å²) < 4.78 is 4.69. The molecular weight excluding hydrogens is 242 g/mol. The molecular formula is C15H27NO3. The molecule has 0 aromatic rings. The highest BCUT2D eigenvalue weighted by Gasteiger charge is 2.49. The van der Waals surface area contributed by atoms with Crippen molar-refractivity contribution in [2.24, 2.45) is 11.3 Å². The lowest BCUT2D eigenvalue weighted by molar-refractivity contribution is -0.146. The van der Waals surface area contributed by atoms with E-state index in [0.717, 1.165) is 6.42 Å². The average Bonchev–Trinajstić information content (AvgIpc) is 2.55. The molecule has 1 aliphatic heterocycles. The molecule has 2 unspecified atom stereocenters. The number of esters is 1. The van der Waals surface area contributed by atoms with Crippen LogP contribution < -0.4 is 0 Å². The van der Waals surface area contributed by atoms with E-state index in [-0.39, 0.29) is 41.2 Å². The predicted molar refractivity (Wildman–Crippen MR) is 74.6 cm³/mol. The molecule has 1 heterocycles. The minimum absolute atomic E-state index is 0.00775. The summed E-state index contributed by atoms with van der Waals surface area (Å²) in [5.74, 6) is -0.463. The fourth-order valence-corrected chi connectivity index (χ4v) is 2.82. The molecule has 110 valence electrons. The first-order valence-corrected chi connectivity index (χ1v) is 6.88. The zero-order valence-electron chi connectivity index (χ0n) is 13.2. The van der Waals surface area contributed by atoms with Crippen LogP contribution in [0.5, 0.6) is 0 Å². The quantitative estimate of drug-likeness (QED) is 0.724. The van der Waals surface area contributed by atoms with E-state index in [2.05, 4.69) is 20.8 Å². The van der Waals surface area contributed by atoms with Crippen molar-refractivity contribution in [3.05, 3.63) is 0 Å². The molecule has 1 saturated heterocycles. The van der Waals surface area contributed by atoms with E-state index in [0.29, 0.717) is 0 Å². The highest BCUT2D eigenvalue weighted by atomic mass is 16.5. The number of hydrogen-bond acceptors (Lipinski definition) is 3. The maximum Gasteiger partial charge on any atom is 0.306 e. The lowest BCUT2D eigenvalue weighted by Gasteiger charge is -2.43. The summed E-state index contributed by atoms with van der Waals surface area (Å²) >= 11 is 0. The van der Waals surface area contributed by atoms with Crippen molar-refractivity contribution in [2.45, 2.75) is 66.0 Å². The Morgan fingerprint density at radius 2 is 1.79 bits per heavy atom. The second-order valence-corrected chi connectivity index (χ2v) is 7.47. The van der Waals surface area contributed by atoms with E-state index in [9.17, 15) is 9.59 Å². The van der Waals surface area contributed by atoms with Gasteiger partial charge in [-0.2, -0.15) is 0 Å². The summed E-state index contributed by atoms with van der Waals surface area (Å²) in [4.78, 5) is 26.0. The van der Waals surface area contributed by atoms with Gasteiger partial charge in [-0.15, -0.1) is 0 Å². The van der Waals surface area contributed by atoms with Gasteiger partial charge < -0.3 is 9.64 Å². The molecule has 19 heavy (non-hydrogen) atoms. The number of hydrogen-bond donors (Lipinski definition) is 0. The molecule has 1 fully saturated rings. The fraction of sp³-hybridized carbons (Fsp3) is 0.867. The lowest BCUT2D eigenvalue weighted by Crippen LogP contribution is -2.51. The molecule has 0 aromatic carbocycles. The Morgan fingerprint density at radius 3 is 2.11 bits per heavy atom. The first-order chi connectivity index (χ1) is 8.48. The molecule has 0 radical (unpaired) electrons. The van der Waals surface area contributed by atoms with Gasteiger partial charge in [-0.05, 0) is 32.6 Å². The molecule has 0 bridgehead atoms. The van der Waals surface area contributed by atoms with Gasteiger partial charge in [-0.1, -0.05) is 20.8 Å². The van der Waals surface area contributed by atoms with E-state index in [1.54, 1.807) is 0 Å². The zero-order chi connectivity index (χ0) is 15.0. The Balaban J connectivity index is 3.00. The Labute approximate surface area is 116 Å². The second kappa shape index (κ2) is 5.14. The third-order valence-corrected chi connectivity index (χ3v) is 3.77. The highest BCUT2D eigenvalue weighted by Crippen LogP contribution is 2.41. The first-order valence-electron chi connectivity index (χ1n) is 6.88. The summed E-state index contributed by atoms with van der Waals surface area (Å²) in [6, 6.07) is 0.162. The Hall–Kier alpha value is -1.06. The van der Waals surface area contributed by atoms with E-state index >= 15 is 0 Å². The van der Waals surface area contributed by atoms with Crippen LogP contribution in [0.1, 0.15) is 54.4 Å². The van der Waals surface area contributed by atoms with Gasteiger partial charge in [-0.25, -0.2) is 0 Å². The number of amides is 1. The van der Waals surface area contributed by atoms with Crippen molar-refractivity contribution in [1.29, 1.82) is 0 Å². The summed E-state index contributed by atoms with van der Waals surface area (Å²) in [5, 5.41) is 0. The normalized spacial score (nSPS) is 24.8. The van der Waals surface area contributed by atoms with Crippen molar-refractivity contribution in [1.82, 2.24) is 4.90 Å². The van der Waals surface area contributed by atoms with Crippen LogP contribution in [0.2, 0.25) is 0 Å². The van der Waals surface area contributed by atoms with Crippen LogP contribution in [0.25, 0.3) is 0 Å². The Bertz CT molecular complexity index is 363. The predicted octanol–water partition coefficient (Wildman–Crippen LogP) is 2.61. The lowest BCUT2D eigenvalue weighted by atomic mass is 9.82. The maximum absolute atomic E-state index is 12.6. The molecule has 0 aromatic heterocycles. The van der Waals surface area contributed by atoms with Crippen molar-refractivity contribution in [3.63, 3.8) is 0 Å². The largest absolute Gasteiger partial charge is 0.469 e. The van der Waals surface area contributed by atoms with Gasteiger partial charge in [0.05, 0.1) is 19.4 Å². The smallest absolute Gasteiger partial charge is 0.306 e. The van der Waals surface area contributed by atoms with E-state index < -0.39 is 0 Å². The number of nitrogens with zero attached hydrogens (tertiary/aromatic N) is 1. The van der Waals surface area contributed by atoms with Crippen molar-refractivity contribution in [2.75, 3.05) is 7.11 Å². The second-order valence-electron chi connectivity index (χ2n) is 7.47. The molecule has 0 aliphatic carbocycles. The van der Waals surface area contributed by atoms with Crippen molar-refractivity contribution in [3.8, 4) is 0 Å². The van der Waals surface area contributed by atoms with Gasteiger partial charge in [0, 0.05) is 11.6 Å². The van der Waals surface area contributed by atoms with Gasteiger partial charge in [0.25, 0.3) is 0 Å². The molecule has 4 heteroatoms. The minimum Gasteiger partial charge on any atom is -0.469 e. The number of carbonyl (C=O) groups excluding carboxylic acids is 2. The Kier molecular flexibility index (Phi) is 4.33. The number of rotatable bonds is 2. The van der Waals surface area contributed by atoms with Crippen LogP contribution in [0, 0.1) is 11.3 Å². The standard InChI is InChI=1S/C15H27NO3/c1-14(2,3)11-8-10(9-12(17)19-7)13(18)16(11)15(4,5)6/h10-11H,8-9H2,1-7H3. The summed E-state index contributed by atoms with van der Waals surface area (Å²) in [5.41, 5.74) is -0.215. The van der Waals surface area contributed by atoms with Crippen LogP contribution >= 0.6 is 0 Å². The van der Waals surface area contributed by atoms with Gasteiger partial charge in [0.2, 0.25) is 5.91 Å². The monoisotopic (exact) mass is 269 g/mol. The van der Waals surface area contributed by atoms with Gasteiger partial charge in [0.15, 0.2) is 0 Å². The molecule has 2 atom stereocenters. The Morgan fingerprint density at radius 1 is 1.26 bits per heavy atom. The zero-order valence-corrected chi connectivity index (χ0v) is 13.2. The highest BCUT2D eigenvalue weighted by molar-refractivity contribution is 5.86. The maximum atomic E-state index is 12.6. The SMILES string of the molecule is COC(=O)CC1CC(C(C)(C)C)N(C(C)(C)C)C1=O. The van der Waals surface area contributed by atoms with Crippen LogP contribution in [-0.2, 0) is 14.3 Å². The molecule has 0 N–H and O–H groups in total. The molecule has 0 spiro atoms. The van der Waals surface area contributed by atoms with Crippen molar-refractivity contribution < 1.29 is 14.3 Å². The van der Waals surface area contributed by atoms with E-state index in [4.69, 9.17) is 4.74 Å². The fourth-order valence-electron chi connectivity index (χ4n) is 2.82. The van der Waals surface area contributed by atoms with Crippen LogP contribution in [0.15, 0.2) is 0 Å². The topological polar surface area (TPSA) is 46.6 Å². The van der Waals surface area contributed by atoms with Crippen LogP contribution in [0.4, 0.5) is 0 Å². The average molecular weight is 269 g/mol. The number of ether oxygens (including phenoxy) is 1. The number of carbonyl (C=O) groups is 2. The first kappa shape index (κ1) is 16.0. The van der Waals surface area contributed by atoms with E-state index in [1.807, 2.05) is 25.7 Å². The molecule has 1 rings (SSSR count). The third-order valence-electron chi connectivity index (χ3n) is 3.77. The minimum atomic E-state index is -0.304. The molecule has 4 nitrogen and oxygen atoms in total. The molecule has 0 saturated carbocycles. The van der Waals surface area contributed by atoms with Crippen LogP contribution in [0.3, 0.4) is 0 Å². The summed E-state index contributed by atoms with van der Waals surface area (Å²) in [7, 11) is 1.37. The van der Waals surface area contributed by atoms with Crippen molar-refractivity contribution >= 4 is 11.9 Å². The number of likely N-dealkylation sites (tertiary alicyclic amines) is 1. The van der Waals surface area contributed by atoms with Gasteiger partial charge >= 0.3 is 5.97 Å². The molecule has 1 amide bonds. The summed E-state index contributed by atoms with van der Waals surface area (Å²) in [6.45, 7) is 12.6. The number of methoxy groups -OCH3 is 1. The van der Waals surface area contributed by atoms with E-state index in [1.165, 1.54) is 7.11 Å². The van der Waals surface area contributed by atoms with Crippen LogP contribution in [-0.4, -0.2) is 35.5 Å². The van der Waals surface area contributed by atoms with Gasteiger partial charge in [-0.3, -0.25) is 9.59 Å². The third kappa shape index (κ3) is 3.48. The summed E-state index contributed by atoms with van der Waals surface area (Å²) in [6.07, 6.45) is 0.920.